The molecule has 2 unspecified atom stereocenters. The lowest BCUT2D eigenvalue weighted by Crippen LogP contribution is -2.29. The van der Waals surface area contributed by atoms with Gasteiger partial charge in [-0.3, -0.25) is 19.1 Å². The molecule has 8 heteroatoms. The monoisotopic (exact) mass is 316 g/mol. The first-order valence-corrected chi connectivity index (χ1v) is 7.23. The standard InChI is InChI=1S/C15H16N4O4/c16-15(23)14-9-3-1-2-4-10(9)19(18-14)11-5-8(11)6-12(20)17-7-13(21)22/h1-4,8,11H,5-7H2,(H2,16,23)(H,17,20)(H,21,22). The Labute approximate surface area is 131 Å². The van der Waals surface area contributed by atoms with Crippen molar-refractivity contribution in [3.63, 3.8) is 0 Å². The van der Waals surface area contributed by atoms with Crippen molar-refractivity contribution in [3.05, 3.63) is 30.0 Å². The van der Waals surface area contributed by atoms with Crippen molar-refractivity contribution in [2.45, 2.75) is 18.9 Å². The van der Waals surface area contributed by atoms with Crippen molar-refractivity contribution >= 4 is 28.7 Å². The highest BCUT2D eigenvalue weighted by Crippen LogP contribution is 2.46. The van der Waals surface area contributed by atoms with Crippen LogP contribution in [0.4, 0.5) is 0 Å². The molecule has 0 bridgehead atoms. The lowest BCUT2D eigenvalue weighted by atomic mass is 10.2. The summed E-state index contributed by atoms with van der Waals surface area (Å²) in [5.41, 5.74) is 6.39. The van der Waals surface area contributed by atoms with Crippen LogP contribution in [0.5, 0.6) is 0 Å². The number of nitrogens with one attached hydrogen (secondary N) is 1. The Balaban J connectivity index is 1.74. The number of carboxylic acid groups (broad SMARTS) is 1. The Morgan fingerprint density at radius 2 is 2.09 bits per heavy atom. The van der Waals surface area contributed by atoms with Gasteiger partial charge in [-0.15, -0.1) is 0 Å². The maximum atomic E-state index is 11.7. The Morgan fingerprint density at radius 3 is 2.78 bits per heavy atom. The number of aromatic nitrogens is 2. The zero-order valence-electron chi connectivity index (χ0n) is 12.2. The molecule has 0 spiro atoms. The van der Waals surface area contributed by atoms with Crippen molar-refractivity contribution in [1.29, 1.82) is 0 Å². The van der Waals surface area contributed by atoms with Gasteiger partial charge in [0.05, 0.1) is 11.6 Å². The van der Waals surface area contributed by atoms with Crippen LogP contribution in [0.1, 0.15) is 29.4 Å². The third-order valence-electron chi connectivity index (χ3n) is 3.93. The largest absolute Gasteiger partial charge is 0.480 e. The van der Waals surface area contributed by atoms with Crippen molar-refractivity contribution in [3.8, 4) is 0 Å². The van der Waals surface area contributed by atoms with E-state index in [0.717, 1.165) is 11.9 Å². The number of fused-ring (bicyclic) bond motifs is 1. The number of primary amides is 1. The Kier molecular flexibility index (Phi) is 3.73. The summed E-state index contributed by atoms with van der Waals surface area (Å²) in [7, 11) is 0. The van der Waals surface area contributed by atoms with Gasteiger partial charge in [0.1, 0.15) is 6.54 Å². The number of hydrogen-bond acceptors (Lipinski definition) is 4. The van der Waals surface area contributed by atoms with Crippen LogP contribution in [-0.2, 0) is 9.59 Å². The summed E-state index contributed by atoms with van der Waals surface area (Å²) in [5.74, 6) is -1.88. The van der Waals surface area contributed by atoms with E-state index in [1.807, 2.05) is 18.2 Å². The number of carbonyl (C=O) groups excluding carboxylic acids is 2. The van der Waals surface area contributed by atoms with Gasteiger partial charge < -0.3 is 16.2 Å². The summed E-state index contributed by atoms with van der Waals surface area (Å²) in [6.45, 7) is -0.382. The smallest absolute Gasteiger partial charge is 0.322 e. The summed E-state index contributed by atoms with van der Waals surface area (Å²) >= 11 is 0. The number of para-hydroxylation sites is 1. The number of carbonyl (C=O) groups is 3. The van der Waals surface area contributed by atoms with Crippen molar-refractivity contribution in [2.24, 2.45) is 11.7 Å². The average molecular weight is 316 g/mol. The number of amides is 2. The lowest BCUT2D eigenvalue weighted by Gasteiger charge is -2.03. The third-order valence-corrected chi connectivity index (χ3v) is 3.93. The van der Waals surface area contributed by atoms with Crippen LogP contribution in [-0.4, -0.2) is 39.2 Å². The molecule has 2 aromatic rings. The maximum Gasteiger partial charge on any atom is 0.322 e. The van der Waals surface area contributed by atoms with Gasteiger partial charge in [-0.1, -0.05) is 18.2 Å². The Morgan fingerprint density at radius 1 is 1.35 bits per heavy atom. The summed E-state index contributed by atoms with van der Waals surface area (Å²) in [6, 6.07) is 7.32. The predicted octanol–water partition coefficient (Wildman–Crippen LogP) is 0.287. The third kappa shape index (κ3) is 3.01. The number of rotatable bonds is 6. The van der Waals surface area contributed by atoms with Gasteiger partial charge in [0.15, 0.2) is 5.69 Å². The number of nitrogens with two attached hydrogens (primary N) is 1. The van der Waals surface area contributed by atoms with Gasteiger partial charge in [-0.2, -0.15) is 5.10 Å². The molecule has 8 nitrogen and oxygen atoms in total. The zero-order chi connectivity index (χ0) is 16.6. The minimum Gasteiger partial charge on any atom is -0.480 e. The molecular weight excluding hydrogens is 300 g/mol. The minimum absolute atomic E-state index is 0.0172. The van der Waals surface area contributed by atoms with E-state index >= 15 is 0 Å². The average Bonchev–Trinajstić information content (AvgIpc) is 3.14. The summed E-state index contributed by atoms with van der Waals surface area (Å²) in [4.78, 5) is 33.6. The maximum absolute atomic E-state index is 11.7. The molecule has 2 atom stereocenters. The molecular formula is C15H16N4O4. The molecule has 1 aliphatic rings. The fraction of sp³-hybridized carbons (Fsp3) is 0.333. The van der Waals surface area contributed by atoms with E-state index in [0.29, 0.717) is 5.39 Å². The fourth-order valence-electron chi connectivity index (χ4n) is 2.76. The molecule has 1 saturated carbocycles. The highest BCUT2D eigenvalue weighted by molar-refractivity contribution is 6.04. The first kappa shape index (κ1) is 15.0. The highest BCUT2D eigenvalue weighted by atomic mass is 16.4. The quantitative estimate of drug-likeness (QED) is 0.705. The molecule has 1 heterocycles. The van der Waals surface area contributed by atoms with Crippen LogP contribution in [0.25, 0.3) is 10.9 Å². The van der Waals surface area contributed by atoms with Crippen molar-refractivity contribution in [2.75, 3.05) is 6.54 Å². The molecule has 4 N–H and O–H groups in total. The summed E-state index contributed by atoms with van der Waals surface area (Å²) in [6.07, 6.45) is 0.988. The summed E-state index contributed by atoms with van der Waals surface area (Å²) < 4.78 is 1.74. The molecule has 1 fully saturated rings. The van der Waals surface area contributed by atoms with E-state index in [1.54, 1.807) is 10.7 Å². The van der Waals surface area contributed by atoms with E-state index in [2.05, 4.69) is 10.4 Å². The topological polar surface area (TPSA) is 127 Å². The second-order valence-corrected chi connectivity index (χ2v) is 5.61. The van der Waals surface area contributed by atoms with Gasteiger partial charge in [-0.25, -0.2) is 0 Å². The number of hydrogen-bond donors (Lipinski definition) is 3. The van der Waals surface area contributed by atoms with Crippen LogP contribution in [0.3, 0.4) is 0 Å². The van der Waals surface area contributed by atoms with Crippen LogP contribution < -0.4 is 11.1 Å². The first-order valence-electron chi connectivity index (χ1n) is 7.23. The van der Waals surface area contributed by atoms with Gasteiger partial charge in [0.2, 0.25) is 5.91 Å². The van der Waals surface area contributed by atoms with E-state index < -0.39 is 11.9 Å². The normalized spacial score (nSPS) is 19.5. The van der Waals surface area contributed by atoms with Gasteiger partial charge in [0.25, 0.3) is 5.91 Å². The molecule has 23 heavy (non-hydrogen) atoms. The molecule has 2 amide bonds. The van der Waals surface area contributed by atoms with E-state index in [1.165, 1.54) is 0 Å². The van der Waals surface area contributed by atoms with E-state index in [4.69, 9.17) is 10.8 Å². The molecule has 1 aromatic heterocycles. The number of nitrogens with zero attached hydrogens (tertiary/aromatic N) is 2. The number of carboxylic acids is 1. The first-order chi connectivity index (χ1) is 11.0. The number of benzene rings is 1. The summed E-state index contributed by atoms with van der Waals surface area (Å²) in [5, 5.41) is 15.9. The van der Waals surface area contributed by atoms with Gasteiger partial charge >= 0.3 is 5.97 Å². The SMILES string of the molecule is NC(=O)c1nn(C2CC2CC(=O)NCC(=O)O)c2ccccc12. The second-order valence-electron chi connectivity index (χ2n) is 5.61. The van der Waals surface area contributed by atoms with Crippen molar-refractivity contribution in [1.82, 2.24) is 15.1 Å². The molecule has 3 rings (SSSR count). The molecule has 1 aromatic carbocycles. The van der Waals surface area contributed by atoms with Crippen molar-refractivity contribution < 1.29 is 19.5 Å². The molecule has 0 aliphatic heterocycles. The highest BCUT2D eigenvalue weighted by Gasteiger charge is 2.42. The van der Waals surface area contributed by atoms with Crippen LogP contribution in [0.15, 0.2) is 24.3 Å². The van der Waals surface area contributed by atoms with Crippen LogP contribution in [0, 0.1) is 5.92 Å². The predicted molar refractivity (Wildman–Crippen MR) is 80.7 cm³/mol. The molecule has 120 valence electrons. The van der Waals surface area contributed by atoms with E-state index in [9.17, 15) is 14.4 Å². The fourth-order valence-corrected chi connectivity index (χ4v) is 2.76. The van der Waals surface area contributed by atoms with E-state index in [-0.39, 0.29) is 36.5 Å². The number of aliphatic carboxylic acids is 1. The van der Waals surface area contributed by atoms with Gasteiger partial charge in [0, 0.05) is 11.8 Å². The lowest BCUT2D eigenvalue weighted by molar-refractivity contribution is -0.138. The van der Waals surface area contributed by atoms with Gasteiger partial charge in [-0.05, 0) is 18.4 Å². The second kappa shape index (κ2) is 5.71. The Bertz CT molecular complexity index is 798. The molecule has 1 aliphatic carbocycles. The van der Waals surface area contributed by atoms with Crippen LogP contribution >= 0.6 is 0 Å². The Hall–Kier alpha value is -2.90. The zero-order valence-corrected chi connectivity index (χ0v) is 12.2. The molecule has 0 radical (unpaired) electrons. The molecule has 0 saturated heterocycles. The minimum atomic E-state index is -1.07. The van der Waals surface area contributed by atoms with Crippen LogP contribution in [0.2, 0.25) is 0 Å².